The van der Waals surface area contributed by atoms with Gasteiger partial charge in [-0.1, -0.05) is 24.8 Å². The Morgan fingerprint density at radius 2 is 2.00 bits per heavy atom. The third-order valence-corrected chi connectivity index (χ3v) is 2.68. The zero-order valence-corrected chi connectivity index (χ0v) is 10.4. The van der Waals surface area contributed by atoms with Gasteiger partial charge in [-0.2, -0.15) is 4.57 Å². The molecule has 0 spiro atoms. The van der Waals surface area contributed by atoms with Gasteiger partial charge in [0.25, 0.3) is 0 Å². The molecular weight excluding hydrogens is 226 g/mol. The molecule has 0 bridgehead atoms. The summed E-state index contributed by atoms with van der Waals surface area (Å²) >= 11 is 0. The van der Waals surface area contributed by atoms with E-state index in [1.54, 1.807) is 6.92 Å². The van der Waals surface area contributed by atoms with Crippen molar-refractivity contribution in [3.05, 3.63) is 54.9 Å². The van der Waals surface area contributed by atoms with Gasteiger partial charge in [0, 0.05) is 11.5 Å². The van der Waals surface area contributed by atoms with E-state index in [1.165, 1.54) is 5.39 Å². The number of nitrogens with zero attached hydrogens (tertiary/aromatic N) is 1. The van der Waals surface area contributed by atoms with Gasteiger partial charge in [0.15, 0.2) is 18.9 Å². The van der Waals surface area contributed by atoms with Gasteiger partial charge in [-0.3, -0.25) is 0 Å². The molecule has 0 amide bonds. The van der Waals surface area contributed by atoms with Crippen molar-refractivity contribution in [2.24, 2.45) is 0 Å². The van der Waals surface area contributed by atoms with Crippen molar-refractivity contribution in [3.8, 4) is 0 Å². The lowest BCUT2D eigenvalue weighted by Gasteiger charge is -2.03. The molecule has 3 heteroatoms. The molecule has 1 aromatic heterocycles. The second-order valence-corrected chi connectivity index (χ2v) is 4.07. The standard InChI is InChI=1S/C15H16NO2/c1-3-18-15(17)12(2)10-16-9-8-13-6-4-5-7-14(13)11-16/h4-9,11H,2-3,10H2,1H3/q+1. The summed E-state index contributed by atoms with van der Waals surface area (Å²) < 4.78 is 6.84. The van der Waals surface area contributed by atoms with Gasteiger partial charge in [0.05, 0.1) is 12.2 Å². The van der Waals surface area contributed by atoms with Crippen molar-refractivity contribution in [2.45, 2.75) is 13.5 Å². The molecule has 0 aliphatic heterocycles. The van der Waals surface area contributed by atoms with Crippen LogP contribution in [0.1, 0.15) is 6.92 Å². The SMILES string of the molecule is C=C(C[n+]1ccc2ccccc2c1)C(=O)OCC. The number of pyridine rings is 1. The number of ether oxygens (including phenoxy) is 1. The minimum Gasteiger partial charge on any atom is -0.462 e. The summed E-state index contributed by atoms with van der Waals surface area (Å²) in [6, 6.07) is 10.1. The van der Waals surface area contributed by atoms with Crippen LogP contribution in [0.4, 0.5) is 0 Å². The third kappa shape index (κ3) is 2.74. The van der Waals surface area contributed by atoms with Crippen LogP contribution in [0, 0.1) is 0 Å². The number of esters is 1. The van der Waals surface area contributed by atoms with Gasteiger partial charge in [-0.05, 0) is 18.4 Å². The van der Waals surface area contributed by atoms with E-state index in [0.29, 0.717) is 18.7 Å². The molecule has 2 rings (SSSR count). The highest BCUT2D eigenvalue weighted by molar-refractivity contribution is 5.87. The van der Waals surface area contributed by atoms with Crippen molar-refractivity contribution in [1.29, 1.82) is 0 Å². The maximum absolute atomic E-state index is 11.5. The zero-order valence-electron chi connectivity index (χ0n) is 10.4. The molecule has 2 aromatic rings. The first-order valence-corrected chi connectivity index (χ1v) is 5.93. The maximum atomic E-state index is 11.5. The van der Waals surface area contributed by atoms with E-state index in [0.717, 1.165) is 5.39 Å². The van der Waals surface area contributed by atoms with Crippen LogP contribution in [0.5, 0.6) is 0 Å². The van der Waals surface area contributed by atoms with Crippen LogP contribution < -0.4 is 4.57 Å². The lowest BCUT2D eigenvalue weighted by Crippen LogP contribution is -2.35. The van der Waals surface area contributed by atoms with Gasteiger partial charge >= 0.3 is 5.97 Å². The van der Waals surface area contributed by atoms with E-state index >= 15 is 0 Å². The van der Waals surface area contributed by atoms with Crippen molar-refractivity contribution < 1.29 is 14.1 Å². The van der Waals surface area contributed by atoms with Crippen LogP contribution in [0.15, 0.2) is 54.9 Å². The molecule has 0 fully saturated rings. The smallest absolute Gasteiger partial charge is 0.339 e. The van der Waals surface area contributed by atoms with Gasteiger partial charge in [-0.15, -0.1) is 0 Å². The van der Waals surface area contributed by atoms with Gasteiger partial charge in [-0.25, -0.2) is 4.79 Å². The number of carbonyl (C=O) groups excluding carboxylic acids is 1. The molecule has 0 saturated heterocycles. The minimum absolute atomic E-state index is 0.335. The van der Waals surface area contributed by atoms with Crippen LogP contribution in [0.3, 0.4) is 0 Å². The largest absolute Gasteiger partial charge is 0.462 e. The van der Waals surface area contributed by atoms with Gasteiger partial charge in [0.2, 0.25) is 0 Å². The predicted octanol–water partition coefficient (Wildman–Crippen LogP) is 2.25. The minimum atomic E-state index is -0.335. The molecule has 0 unspecified atom stereocenters. The zero-order chi connectivity index (χ0) is 13.0. The molecule has 0 N–H and O–H groups in total. The van der Waals surface area contributed by atoms with Crippen LogP contribution in [-0.4, -0.2) is 12.6 Å². The Balaban J connectivity index is 2.17. The van der Waals surface area contributed by atoms with Crippen LogP contribution in [0.2, 0.25) is 0 Å². The van der Waals surface area contributed by atoms with E-state index in [4.69, 9.17) is 4.74 Å². The Labute approximate surface area is 106 Å². The normalized spacial score (nSPS) is 10.3. The summed E-state index contributed by atoms with van der Waals surface area (Å²) in [4.78, 5) is 11.5. The number of benzene rings is 1. The number of carbonyl (C=O) groups is 1. The monoisotopic (exact) mass is 242 g/mol. The Kier molecular flexibility index (Phi) is 3.72. The number of aromatic nitrogens is 1. The highest BCUT2D eigenvalue weighted by Gasteiger charge is 2.13. The second kappa shape index (κ2) is 5.45. The third-order valence-electron chi connectivity index (χ3n) is 2.68. The summed E-state index contributed by atoms with van der Waals surface area (Å²) in [6.07, 6.45) is 3.94. The summed E-state index contributed by atoms with van der Waals surface area (Å²) in [6.45, 7) is 6.36. The highest BCUT2D eigenvalue weighted by atomic mass is 16.5. The number of hydrogen-bond acceptors (Lipinski definition) is 2. The molecule has 0 atom stereocenters. The lowest BCUT2D eigenvalue weighted by atomic mass is 10.2. The molecule has 3 nitrogen and oxygen atoms in total. The van der Waals surface area contributed by atoms with Gasteiger partial charge < -0.3 is 4.74 Å². The van der Waals surface area contributed by atoms with Crippen LogP contribution in [0.25, 0.3) is 10.8 Å². The van der Waals surface area contributed by atoms with Crippen molar-refractivity contribution in [1.82, 2.24) is 0 Å². The Morgan fingerprint density at radius 3 is 2.72 bits per heavy atom. The Hall–Kier alpha value is -2.16. The maximum Gasteiger partial charge on any atom is 0.339 e. The van der Waals surface area contributed by atoms with Crippen molar-refractivity contribution in [3.63, 3.8) is 0 Å². The molecule has 0 saturated carbocycles. The number of rotatable bonds is 4. The van der Waals surface area contributed by atoms with Crippen LogP contribution >= 0.6 is 0 Å². The number of fused-ring (bicyclic) bond motifs is 1. The summed E-state index contributed by atoms with van der Waals surface area (Å²) in [7, 11) is 0. The molecule has 92 valence electrons. The van der Waals surface area contributed by atoms with Gasteiger partial charge in [0.1, 0.15) is 0 Å². The summed E-state index contributed by atoms with van der Waals surface area (Å²) in [5, 5.41) is 2.31. The quantitative estimate of drug-likeness (QED) is 0.467. The lowest BCUT2D eigenvalue weighted by molar-refractivity contribution is -0.687. The second-order valence-electron chi connectivity index (χ2n) is 4.07. The molecule has 1 heterocycles. The molecule has 18 heavy (non-hydrogen) atoms. The van der Waals surface area contributed by atoms with E-state index in [2.05, 4.69) is 12.6 Å². The predicted molar refractivity (Wildman–Crippen MR) is 69.9 cm³/mol. The van der Waals surface area contributed by atoms with Crippen LogP contribution in [-0.2, 0) is 16.1 Å². The molecule has 1 aromatic carbocycles. The average molecular weight is 242 g/mol. The average Bonchev–Trinajstić information content (AvgIpc) is 2.39. The first-order valence-electron chi connectivity index (χ1n) is 5.93. The topological polar surface area (TPSA) is 30.2 Å². The molecular formula is C15H16NO2+. The van der Waals surface area contributed by atoms with Crippen molar-refractivity contribution >= 4 is 16.7 Å². The highest BCUT2D eigenvalue weighted by Crippen LogP contribution is 2.09. The fourth-order valence-corrected chi connectivity index (χ4v) is 1.79. The fourth-order valence-electron chi connectivity index (χ4n) is 1.79. The first-order chi connectivity index (χ1) is 8.70. The molecule has 0 radical (unpaired) electrons. The van der Waals surface area contributed by atoms with Crippen molar-refractivity contribution in [2.75, 3.05) is 6.61 Å². The summed E-state index contributed by atoms with van der Waals surface area (Å²) in [5.41, 5.74) is 0.456. The van der Waals surface area contributed by atoms with E-state index in [9.17, 15) is 4.79 Å². The Bertz CT molecular complexity index is 590. The fraction of sp³-hybridized carbons (Fsp3) is 0.200. The van der Waals surface area contributed by atoms with E-state index < -0.39 is 0 Å². The molecule has 0 aliphatic carbocycles. The van der Waals surface area contributed by atoms with E-state index in [-0.39, 0.29) is 5.97 Å². The van der Waals surface area contributed by atoms with E-state index in [1.807, 2.05) is 41.2 Å². The Morgan fingerprint density at radius 1 is 1.28 bits per heavy atom. The first kappa shape index (κ1) is 12.3. The molecule has 0 aliphatic rings. The summed E-state index contributed by atoms with van der Waals surface area (Å²) in [5.74, 6) is -0.335. The number of hydrogen-bond donors (Lipinski definition) is 0.